The number of nitrogens with one attached hydrogen (secondary N) is 1. The number of rotatable bonds is 3. The van der Waals surface area contributed by atoms with E-state index < -0.39 is 0 Å². The number of aromatic nitrogens is 5. The van der Waals surface area contributed by atoms with Gasteiger partial charge in [0.25, 0.3) is 0 Å². The summed E-state index contributed by atoms with van der Waals surface area (Å²) in [5.41, 5.74) is 7.07. The van der Waals surface area contributed by atoms with Crippen LogP contribution < -0.4 is 4.90 Å². The van der Waals surface area contributed by atoms with Crippen LogP contribution in [0.5, 0.6) is 0 Å². The normalized spacial score (nSPS) is 16.9. The molecule has 5 heterocycles. The van der Waals surface area contributed by atoms with Crippen molar-refractivity contribution in [2.75, 3.05) is 24.7 Å². The van der Waals surface area contributed by atoms with Crippen LogP contribution in [0.25, 0.3) is 33.4 Å². The third kappa shape index (κ3) is 3.11. The summed E-state index contributed by atoms with van der Waals surface area (Å²) < 4.78 is 5.65. The van der Waals surface area contributed by atoms with Crippen LogP contribution in [-0.4, -0.2) is 50.9 Å². The van der Waals surface area contributed by atoms with E-state index in [1.54, 1.807) is 6.20 Å². The molecule has 7 nitrogen and oxygen atoms in total. The molecule has 7 heteroatoms. The van der Waals surface area contributed by atoms with Crippen LogP contribution in [0.2, 0.25) is 0 Å². The summed E-state index contributed by atoms with van der Waals surface area (Å²) >= 11 is 0. The van der Waals surface area contributed by atoms with Gasteiger partial charge in [-0.1, -0.05) is 0 Å². The molecule has 1 unspecified atom stereocenters. The van der Waals surface area contributed by atoms with E-state index in [-0.39, 0.29) is 6.04 Å². The smallest absolute Gasteiger partial charge is 0.130 e. The van der Waals surface area contributed by atoms with Crippen molar-refractivity contribution in [3.63, 3.8) is 0 Å². The summed E-state index contributed by atoms with van der Waals surface area (Å²) in [7, 11) is 0. The summed E-state index contributed by atoms with van der Waals surface area (Å²) in [4.78, 5) is 16.5. The van der Waals surface area contributed by atoms with Crippen molar-refractivity contribution in [3.8, 4) is 22.5 Å². The van der Waals surface area contributed by atoms with Crippen LogP contribution in [0.3, 0.4) is 0 Å². The highest BCUT2D eigenvalue weighted by atomic mass is 16.5. The number of aryl methyl sites for hydroxylation is 2. The van der Waals surface area contributed by atoms with Crippen LogP contribution in [0.1, 0.15) is 18.1 Å². The first kappa shape index (κ1) is 18.7. The quantitative estimate of drug-likeness (QED) is 0.561. The number of pyridine rings is 3. The summed E-state index contributed by atoms with van der Waals surface area (Å²) in [5, 5.41) is 8.27. The van der Waals surface area contributed by atoms with Crippen LogP contribution in [0, 0.1) is 13.8 Å². The fourth-order valence-corrected chi connectivity index (χ4v) is 4.18. The number of anilines is 1. The number of nitrogens with zero attached hydrogens (tertiary/aromatic N) is 5. The van der Waals surface area contributed by atoms with E-state index in [1.165, 1.54) is 0 Å². The molecule has 1 aliphatic rings. The maximum Gasteiger partial charge on any atom is 0.130 e. The fourth-order valence-electron chi connectivity index (χ4n) is 4.18. The van der Waals surface area contributed by atoms with Crippen LogP contribution in [-0.2, 0) is 4.74 Å². The highest BCUT2D eigenvalue weighted by Crippen LogP contribution is 2.38. The minimum Gasteiger partial charge on any atom is -0.377 e. The van der Waals surface area contributed by atoms with E-state index in [0.29, 0.717) is 13.2 Å². The Hall–Kier alpha value is -3.32. The van der Waals surface area contributed by atoms with Crippen molar-refractivity contribution >= 4 is 16.7 Å². The van der Waals surface area contributed by atoms with Gasteiger partial charge in [0.05, 0.1) is 24.9 Å². The van der Waals surface area contributed by atoms with Gasteiger partial charge in [-0.25, -0.2) is 4.98 Å². The molecule has 0 radical (unpaired) electrons. The first-order valence-electron chi connectivity index (χ1n) is 10.2. The van der Waals surface area contributed by atoms with Gasteiger partial charge in [-0.05, 0) is 61.2 Å². The summed E-state index contributed by atoms with van der Waals surface area (Å²) in [6.45, 7) is 8.57. The first-order chi connectivity index (χ1) is 14.6. The predicted molar refractivity (Wildman–Crippen MR) is 117 cm³/mol. The number of aromatic amines is 1. The molecule has 30 heavy (non-hydrogen) atoms. The van der Waals surface area contributed by atoms with E-state index in [0.717, 1.165) is 56.9 Å². The fraction of sp³-hybridized carbons (Fsp3) is 0.304. The van der Waals surface area contributed by atoms with E-state index in [9.17, 15) is 0 Å². The Labute approximate surface area is 175 Å². The second kappa shape index (κ2) is 7.50. The topological polar surface area (TPSA) is 79.8 Å². The van der Waals surface area contributed by atoms with E-state index in [4.69, 9.17) is 14.7 Å². The van der Waals surface area contributed by atoms with Crippen molar-refractivity contribution in [1.82, 2.24) is 25.1 Å². The number of morpholine rings is 1. The van der Waals surface area contributed by atoms with Gasteiger partial charge in [0.2, 0.25) is 0 Å². The molecule has 5 rings (SSSR count). The molecular formula is C23H24N6O. The molecule has 1 aliphatic heterocycles. The van der Waals surface area contributed by atoms with Gasteiger partial charge >= 0.3 is 0 Å². The minimum absolute atomic E-state index is 0.253. The lowest BCUT2D eigenvalue weighted by Gasteiger charge is -2.35. The summed E-state index contributed by atoms with van der Waals surface area (Å²) in [6.07, 6.45) is 7.41. The maximum atomic E-state index is 5.65. The van der Waals surface area contributed by atoms with Crippen LogP contribution in [0.4, 0.5) is 5.82 Å². The first-order valence-corrected chi connectivity index (χ1v) is 10.2. The van der Waals surface area contributed by atoms with Crippen molar-refractivity contribution < 1.29 is 4.74 Å². The van der Waals surface area contributed by atoms with Gasteiger partial charge in [-0.15, -0.1) is 0 Å². The Kier molecular flexibility index (Phi) is 4.67. The van der Waals surface area contributed by atoms with Gasteiger partial charge in [0.15, 0.2) is 0 Å². The largest absolute Gasteiger partial charge is 0.377 e. The standard InChI is InChI=1S/C23H24N6O/c1-14-11-24-6-4-17(14)18-10-20(29-8-9-30-13-16(29)3)27-23-21(18)15(2)12-25-22(23)19-5-7-26-28-19/h4-7,10-12,16H,8-9,13H2,1-3H3,(H,26,28). The molecule has 0 aromatic carbocycles. The predicted octanol–water partition coefficient (Wildman–Crippen LogP) is 3.92. The zero-order chi connectivity index (χ0) is 20.7. The average molecular weight is 400 g/mol. The zero-order valence-corrected chi connectivity index (χ0v) is 17.4. The van der Waals surface area contributed by atoms with Crippen molar-refractivity contribution in [1.29, 1.82) is 0 Å². The van der Waals surface area contributed by atoms with Crippen LogP contribution >= 0.6 is 0 Å². The SMILES string of the molecule is Cc1cnccc1-c1cc(N2CCOCC2C)nc2c(-c3ccn[nH]3)ncc(C)c12. The second-order valence-electron chi connectivity index (χ2n) is 7.82. The molecule has 152 valence electrons. The molecular weight excluding hydrogens is 376 g/mol. The number of H-pyrrole nitrogens is 1. The summed E-state index contributed by atoms with van der Waals surface area (Å²) in [6, 6.07) is 6.46. The molecule has 0 amide bonds. The highest BCUT2D eigenvalue weighted by molar-refractivity contribution is 6.03. The molecule has 0 saturated carbocycles. The second-order valence-corrected chi connectivity index (χ2v) is 7.82. The molecule has 0 aliphatic carbocycles. The van der Waals surface area contributed by atoms with Gasteiger partial charge in [-0.2, -0.15) is 5.10 Å². The third-order valence-electron chi connectivity index (χ3n) is 5.74. The van der Waals surface area contributed by atoms with E-state index in [2.05, 4.69) is 53.0 Å². The number of hydrogen-bond donors (Lipinski definition) is 1. The zero-order valence-electron chi connectivity index (χ0n) is 17.4. The third-order valence-corrected chi connectivity index (χ3v) is 5.74. The molecule has 1 fully saturated rings. The number of ether oxygens (including phenoxy) is 1. The van der Waals surface area contributed by atoms with Crippen molar-refractivity contribution in [3.05, 3.63) is 54.1 Å². The molecule has 1 saturated heterocycles. The van der Waals surface area contributed by atoms with Crippen molar-refractivity contribution in [2.24, 2.45) is 0 Å². The minimum atomic E-state index is 0.253. The molecule has 1 N–H and O–H groups in total. The molecule has 0 spiro atoms. The Morgan fingerprint density at radius 2 is 2.00 bits per heavy atom. The lowest BCUT2D eigenvalue weighted by molar-refractivity contribution is 0.0986. The van der Waals surface area contributed by atoms with E-state index >= 15 is 0 Å². The molecule has 4 aromatic rings. The number of hydrogen-bond acceptors (Lipinski definition) is 6. The van der Waals surface area contributed by atoms with Gasteiger partial charge in [0, 0.05) is 36.7 Å². The summed E-state index contributed by atoms with van der Waals surface area (Å²) in [5.74, 6) is 0.942. The van der Waals surface area contributed by atoms with Crippen LogP contribution in [0.15, 0.2) is 43.0 Å². The maximum absolute atomic E-state index is 5.65. The van der Waals surface area contributed by atoms with Gasteiger partial charge in [-0.3, -0.25) is 15.1 Å². The van der Waals surface area contributed by atoms with Gasteiger partial charge in [0.1, 0.15) is 17.0 Å². The lowest BCUT2D eigenvalue weighted by Crippen LogP contribution is -2.44. The highest BCUT2D eigenvalue weighted by Gasteiger charge is 2.24. The number of fused-ring (bicyclic) bond motifs is 1. The van der Waals surface area contributed by atoms with Crippen molar-refractivity contribution in [2.45, 2.75) is 26.8 Å². The Morgan fingerprint density at radius 1 is 1.10 bits per heavy atom. The molecule has 0 bridgehead atoms. The van der Waals surface area contributed by atoms with Gasteiger partial charge < -0.3 is 9.64 Å². The Bertz CT molecular complexity index is 1200. The monoisotopic (exact) mass is 400 g/mol. The van der Waals surface area contributed by atoms with E-state index in [1.807, 2.05) is 24.7 Å². The Morgan fingerprint density at radius 3 is 2.77 bits per heavy atom. The average Bonchev–Trinajstić information content (AvgIpc) is 3.29. The molecule has 4 aromatic heterocycles. The lowest BCUT2D eigenvalue weighted by atomic mass is 9.95. The Balaban J connectivity index is 1.85. The molecule has 1 atom stereocenters.